The highest BCUT2D eigenvalue weighted by Crippen LogP contribution is 2.16. The number of hydrogen-bond donors (Lipinski definition) is 1. The number of carbonyl (C=O) groups is 1. The highest BCUT2D eigenvalue weighted by molar-refractivity contribution is 5.68. The lowest BCUT2D eigenvalue weighted by Crippen LogP contribution is -2.46. The smallest absolute Gasteiger partial charge is 0.410 e. The van der Waals surface area contributed by atoms with Crippen molar-refractivity contribution >= 4 is 6.09 Å². The van der Waals surface area contributed by atoms with E-state index in [1.807, 2.05) is 39.0 Å². The van der Waals surface area contributed by atoms with Crippen LogP contribution in [0.4, 0.5) is 4.79 Å². The van der Waals surface area contributed by atoms with Crippen molar-refractivity contribution in [1.29, 1.82) is 0 Å². The van der Waals surface area contributed by atoms with E-state index < -0.39 is 5.60 Å². The molecule has 1 aliphatic heterocycles. The Kier molecular flexibility index (Phi) is 5.82. The van der Waals surface area contributed by atoms with Crippen molar-refractivity contribution in [3.05, 3.63) is 23.9 Å². The molecule has 1 fully saturated rings. The van der Waals surface area contributed by atoms with Crippen LogP contribution in [0.1, 0.15) is 39.3 Å². The largest absolute Gasteiger partial charge is 0.481 e. The maximum Gasteiger partial charge on any atom is 0.410 e. The standard InChI is InChI=1S/C17H27N3O3/c1-17(2,3)23-16(21)20-10-8-13(9-11-20)18-12-14-6-5-7-15(19-14)22-4/h5-7,13,18H,8-12H2,1-4H3. The number of methoxy groups -OCH3 is 1. The third kappa shape index (κ3) is 5.71. The molecule has 1 saturated heterocycles. The van der Waals surface area contributed by atoms with Gasteiger partial charge < -0.3 is 19.7 Å². The van der Waals surface area contributed by atoms with Crippen LogP contribution in [0.25, 0.3) is 0 Å². The minimum atomic E-state index is -0.440. The van der Waals surface area contributed by atoms with Gasteiger partial charge in [0.05, 0.1) is 12.8 Å². The number of amides is 1. The molecule has 1 N–H and O–H groups in total. The summed E-state index contributed by atoms with van der Waals surface area (Å²) < 4.78 is 10.5. The van der Waals surface area contributed by atoms with Gasteiger partial charge in [0.25, 0.3) is 0 Å². The summed E-state index contributed by atoms with van der Waals surface area (Å²) in [6.07, 6.45) is 1.62. The van der Waals surface area contributed by atoms with Crippen molar-refractivity contribution in [3.63, 3.8) is 0 Å². The number of pyridine rings is 1. The zero-order chi connectivity index (χ0) is 16.9. The van der Waals surface area contributed by atoms with E-state index in [-0.39, 0.29) is 6.09 Å². The number of carbonyl (C=O) groups excluding carboxylic acids is 1. The summed E-state index contributed by atoms with van der Waals surface area (Å²) in [5, 5.41) is 3.50. The molecule has 0 aliphatic carbocycles. The van der Waals surface area contributed by atoms with E-state index in [0.717, 1.165) is 31.6 Å². The van der Waals surface area contributed by atoms with Crippen LogP contribution in [-0.2, 0) is 11.3 Å². The first-order chi connectivity index (χ1) is 10.9. The van der Waals surface area contributed by atoms with Crippen molar-refractivity contribution < 1.29 is 14.3 Å². The average molecular weight is 321 g/mol. The van der Waals surface area contributed by atoms with E-state index in [1.54, 1.807) is 12.0 Å². The van der Waals surface area contributed by atoms with Crippen LogP contribution in [-0.4, -0.2) is 47.8 Å². The fourth-order valence-electron chi connectivity index (χ4n) is 2.51. The summed E-state index contributed by atoms with van der Waals surface area (Å²) in [6, 6.07) is 6.14. The van der Waals surface area contributed by atoms with Crippen molar-refractivity contribution in [2.45, 2.75) is 51.8 Å². The molecule has 2 heterocycles. The van der Waals surface area contributed by atoms with Crippen molar-refractivity contribution in [2.24, 2.45) is 0 Å². The Bertz CT molecular complexity index is 520. The molecule has 0 bridgehead atoms. The maximum atomic E-state index is 12.0. The third-order valence-electron chi connectivity index (χ3n) is 3.71. The van der Waals surface area contributed by atoms with E-state index in [9.17, 15) is 4.79 Å². The second kappa shape index (κ2) is 7.64. The molecule has 0 saturated carbocycles. The van der Waals surface area contributed by atoms with Crippen molar-refractivity contribution in [1.82, 2.24) is 15.2 Å². The van der Waals surface area contributed by atoms with Gasteiger partial charge in [-0.3, -0.25) is 0 Å². The number of nitrogens with zero attached hydrogens (tertiary/aromatic N) is 2. The number of rotatable bonds is 4. The van der Waals surface area contributed by atoms with Crippen LogP contribution in [0, 0.1) is 0 Å². The van der Waals surface area contributed by atoms with Crippen LogP contribution in [0.2, 0.25) is 0 Å². The topological polar surface area (TPSA) is 63.7 Å². The van der Waals surface area contributed by atoms with Gasteiger partial charge in [-0.05, 0) is 39.7 Å². The second-order valence-corrected chi connectivity index (χ2v) is 6.79. The molecular formula is C17H27N3O3. The van der Waals surface area contributed by atoms with Gasteiger partial charge in [-0.25, -0.2) is 9.78 Å². The zero-order valence-electron chi connectivity index (χ0n) is 14.5. The van der Waals surface area contributed by atoms with Gasteiger partial charge >= 0.3 is 6.09 Å². The van der Waals surface area contributed by atoms with Gasteiger partial charge in [0.2, 0.25) is 5.88 Å². The van der Waals surface area contributed by atoms with Gasteiger partial charge in [0.1, 0.15) is 5.60 Å². The Labute approximate surface area is 138 Å². The molecule has 1 amide bonds. The lowest BCUT2D eigenvalue weighted by Gasteiger charge is -2.33. The van der Waals surface area contributed by atoms with Crippen LogP contribution in [0.3, 0.4) is 0 Å². The highest BCUT2D eigenvalue weighted by atomic mass is 16.6. The highest BCUT2D eigenvalue weighted by Gasteiger charge is 2.26. The summed E-state index contributed by atoms with van der Waals surface area (Å²) in [5.41, 5.74) is 0.517. The van der Waals surface area contributed by atoms with Gasteiger partial charge in [-0.1, -0.05) is 6.07 Å². The minimum Gasteiger partial charge on any atom is -0.481 e. The molecule has 1 aromatic rings. The van der Waals surface area contributed by atoms with Crippen LogP contribution in [0.15, 0.2) is 18.2 Å². The molecule has 128 valence electrons. The molecule has 6 heteroatoms. The second-order valence-electron chi connectivity index (χ2n) is 6.79. The van der Waals surface area contributed by atoms with Gasteiger partial charge in [-0.15, -0.1) is 0 Å². The average Bonchev–Trinajstić information content (AvgIpc) is 2.52. The number of likely N-dealkylation sites (tertiary alicyclic amines) is 1. The van der Waals surface area contributed by atoms with E-state index in [4.69, 9.17) is 9.47 Å². The number of nitrogens with one attached hydrogen (secondary N) is 1. The summed E-state index contributed by atoms with van der Waals surface area (Å²) >= 11 is 0. The van der Waals surface area contributed by atoms with Crippen molar-refractivity contribution in [2.75, 3.05) is 20.2 Å². The van der Waals surface area contributed by atoms with Crippen molar-refractivity contribution in [3.8, 4) is 5.88 Å². The lowest BCUT2D eigenvalue weighted by molar-refractivity contribution is 0.0198. The number of piperidine rings is 1. The van der Waals surface area contributed by atoms with E-state index in [2.05, 4.69) is 10.3 Å². The van der Waals surface area contributed by atoms with E-state index in [0.29, 0.717) is 18.5 Å². The Hall–Kier alpha value is -1.82. The molecule has 6 nitrogen and oxygen atoms in total. The maximum absolute atomic E-state index is 12.0. The molecule has 0 aromatic carbocycles. The van der Waals surface area contributed by atoms with E-state index >= 15 is 0 Å². The minimum absolute atomic E-state index is 0.217. The predicted octanol–water partition coefficient (Wildman–Crippen LogP) is 2.58. The molecule has 0 unspecified atom stereocenters. The van der Waals surface area contributed by atoms with Gasteiger partial charge in [0.15, 0.2) is 0 Å². The predicted molar refractivity (Wildman–Crippen MR) is 88.5 cm³/mol. The molecule has 1 aliphatic rings. The van der Waals surface area contributed by atoms with Crippen LogP contribution < -0.4 is 10.1 Å². The first-order valence-corrected chi connectivity index (χ1v) is 8.08. The Morgan fingerprint density at radius 1 is 1.35 bits per heavy atom. The van der Waals surface area contributed by atoms with Gasteiger partial charge in [-0.2, -0.15) is 0 Å². The molecular weight excluding hydrogens is 294 g/mol. The van der Waals surface area contributed by atoms with E-state index in [1.165, 1.54) is 0 Å². The SMILES string of the molecule is COc1cccc(CNC2CCN(C(=O)OC(C)(C)C)CC2)n1. The lowest BCUT2D eigenvalue weighted by atomic mass is 10.1. The molecule has 0 radical (unpaired) electrons. The fourth-order valence-corrected chi connectivity index (χ4v) is 2.51. The first-order valence-electron chi connectivity index (χ1n) is 8.08. The molecule has 23 heavy (non-hydrogen) atoms. The normalized spacial score (nSPS) is 16.3. The number of aromatic nitrogens is 1. The van der Waals surface area contributed by atoms with Crippen LogP contribution in [0.5, 0.6) is 5.88 Å². The quantitative estimate of drug-likeness (QED) is 0.923. The Morgan fingerprint density at radius 2 is 2.04 bits per heavy atom. The van der Waals surface area contributed by atoms with Gasteiger partial charge in [0, 0.05) is 31.7 Å². The monoisotopic (exact) mass is 321 g/mol. The number of ether oxygens (including phenoxy) is 2. The number of hydrogen-bond acceptors (Lipinski definition) is 5. The van der Waals surface area contributed by atoms with Crippen LogP contribution >= 0.6 is 0 Å². The summed E-state index contributed by atoms with van der Waals surface area (Å²) in [6.45, 7) is 7.81. The molecule has 1 aromatic heterocycles. The molecule has 2 rings (SSSR count). The summed E-state index contributed by atoms with van der Waals surface area (Å²) in [5.74, 6) is 0.629. The first kappa shape index (κ1) is 17.5. The molecule has 0 atom stereocenters. The fraction of sp³-hybridized carbons (Fsp3) is 0.647. The Balaban J connectivity index is 1.75. The summed E-state index contributed by atoms with van der Waals surface area (Å²) in [7, 11) is 1.62. The zero-order valence-corrected chi connectivity index (χ0v) is 14.5. The Morgan fingerprint density at radius 3 is 2.65 bits per heavy atom. The summed E-state index contributed by atoms with van der Waals surface area (Å²) in [4.78, 5) is 18.2. The third-order valence-corrected chi connectivity index (χ3v) is 3.71. The molecule has 0 spiro atoms.